The third-order valence-corrected chi connectivity index (χ3v) is 4.38. The second kappa shape index (κ2) is 8.91. The smallest absolute Gasteiger partial charge is 0.471 e. The maximum Gasteiger partial charge on any atom is 0.471 e. The summed E-state index contributed by atoms with van der Waals surface area (Å²) in [6.07, 6.45) is -10.8. The van der Waals surface area contributed by atoms with Crippen LogP contribution in [0.2, 0.25) is 0 Å². The van der Waals surface area contributed by atoms with E-state index in [-0.39, 0.29) is 25.7 Å². The maximum absolute atomic E-state index is 13.0. The van der Waals surface area contributed by atoms with Crippen molar-refractivity contribution in [3.63, 3.8) is 0 Å². The summed E-state index contributed by atoms with van der Waals surface area (Å²) < 4.78 is 86.0. The molecule has 29 heavy (non-hydrogen) atoms. The SMILES string of the molecule is C[C@H](Oc1ccccc1C(F)(F)F)C(=O)OC1CCC(NC(=O)C(F)(F)F)CC1. The van der Waals surface area contributed by atoms with E-state index in [1.807, 2.05) is 5.32 Å². The first-order valence-corrected chi connectivity index (χ1v) is 8.79. The number of benzene rings is 1. The Morgan fingerprint density at radius 3 is 2.17 bits per heavy atom. The highest BCUT2D eigenvalue weighted by atomic mass is 19.4. The highest BCUT2D eigenvalue weighted by molar-refractivity contribution is 5.81. The van der Waals surface area contributed by atoms with Gasteiger partial charge in [0.25, 0.3) is 0 Å². The molecule has 1 aromatic carbocycles. The molecule has 0 aliphatic heterocycles. The topological polar surface area (TPSA) is 64.6 Å². The summed E-state index contributed by atoms with van der Waals surface area (Å²) in [5.74, 6) is -3.42. The Labute approximate surface area is 162 Å². The van der Waals surface area contributed by atoms with Crippen molar-refractivity contribution < 1.29 is 45.4 Å². The van der Waals surface area contributed by atoms with Crippen molar-refractivity contribution in [2.24, 2.45) is 0 Å². The Kier molecular flexibility index (Phi) is 7.02. The van der Waals surface area contributed by atoms with Crippen LogP contribution in [-0.2, 0) is 20.5 Å². The minimum Gasteiger partial charge on any atom is -0.478 e. The predicted molar refractivity (Wildman–Crippen MR) is 87.9 cm³/mol. The number of amides is 1. The molecular weight excluding hydrogens is 408 g/mol. The molecule has 1 aromatic rings. The lowest BCUT2D eigenvalue weighted by molar-refractivity contribution is -0.175. The molecule has 0 bridgehead atoms. The lowest BCUT2D eigenvalue weighted by atomic mass is 9.93. The minimum atomic E-state index is -4.97. The molecule has 0 radical (unpaired) electrons. The zero-order chi connectivity index (χ0) is 21.8. The Hall–Kier alpha value is -2.46. The van der Waals surface area contributed by atoms with Crippen LogP contribution >= 0.6 is 0 Å². The van der Waals surface area contributed by atoms with Gasteiger partial charge in [0.15, 0.2) is 6.10 Å². The third kappa shape index (κ3) is 6.53. The Morgan fingerprint density at radius 2 is 1.62 bits per heavy atom. The highest BCUT2D eigenvalue weighted by Gasteiger charge is 2.40. The van der Waals surface area contributed by atoms with Crippen molar-refractivity contribution in [2.45, 2.75) is 63.2 Å². The number of nitrogens with one attached hydrogen (secondary N) is 1. The van der Waals surface area contributed by atoms with E-state index in [0.29, 0.717) is 0 Å². The van der Waals surface area contributed by atoms with Gasteiger partial charge >= 0.3 is 24.2 Å². The van der Waals surface area contributed by atoms with Gasteiger partial charge in [0, 0.05) is 6.04 Å². The average Bonchev–Trinajstić information content (AvgIpc) is 2.62. The van der Waals surface area contributed by atoms with Crippen molar-refractivity contribution >= 4 is 11.9 Å². The Balaban J connectivity index is 1.85. The van der Waals surface area contributed by atoms with Gasteiger partial charge in [-0.05, 0) is 44.7 Å². The molecule has 1 N–H and O–H groups in total. The van der Waals surface area contributed by atoms with Crippen molar-refractivity contribution in [3.05, 3.63) is 29.8 Å². The molecule has 1 saturated carbocycles. The van der Waals surface area contributed by atoms with Gasteiger partial charge < -0.3 is 14.8 Å². The third-order valence-electron chi connectivity index (χ3n) is 4.38. The summed E-state index contributed by atoms with van der Waals surface area (Å²) >= 11 is 0. The van der Waals surface area contributed by atoms with Crippen LogP contribution in [0.25, 0.3) is 0 Å². The van der Waals surface area contributed by atoms with Gasteiger partial charge in [-0.25, -0.2) is 4.79 Å². The van der Waals surface area contributed by atoms with E-state index in [0.717, 1.165) is 12.1 Å². The molecule has 0 saturated heterocycles. The van der Waals surface area contributed by atoms with Gasteiger partial charge in [-0.15, -0.1) is 0 Å². The molecule has 0 aromatic heterocycles. The molecule has 2 rings (SSSR count). The number of carbonyl (C=O) groups is 2. The van der Waals surface area contributed by atoms with Gasteiger partial charge in [-0.3, -0.25) is 4.79 Å². The van der Waals surface area contributed by atoms with Crippen molar-refractivity contribution in [1.29, 1.82) is 0 Å². The molecule has 11 heteroatoms. The summed E-state index contributed by atoms with van der Waals surface area (Å²) in [6.45, 7) is 1.24. The van der Waals surface area contributed by atoms with E-state index >= 15 is 0 Å². The van der Waals surface area contributed by atoms with Crippen LogP contribution in [-0.4, -0.2) is 36.3 Å². The molecule has 0 spiro atoms. The van der Waals surface area contributed by atoms with Gasteiger partial charge in [0.05, 0.1) is 5.56 Å². The fraction of sp³-hybridized carbons (Fsp3) is 0.556. The normalized spacial score (nSPS) is 21.2. The van der Waals surface area contributed by atoms with Gasteiger partial charge in [-0.1, -0.05) is 12.1 Å². The van der Waals surface area contributed by atoms with Gasteiger partial charge in [-0.2, -0.15) is 26.3 Å². The molecule has 0 unspecified atom stereocenters. The first-order chi connectivity index (χ1) is 13.4. The molecule has 162 valence electrons. The van der Waals surface area contributed by atoms with E-state index in [1.54, 1.807) is 0 Å². The predicted octanol–water partition coefficient (Wildman–Crippen LogP) is 4.01. The number of carbonyl (C=O) groups excluding carboxylic acids is 2. The largest absolute Gasteiger partial charge is 0.478 e. The van der Waals surface area contributed by atoms with Crippen LogP contribution in [0.5, 0.6) is 5.75 Å². The number of hydrogen-bond acceptors (Lipinski definition) is 4. The zero-order valence-electron chi connectivity index (χ0n) is 15.3. The Morgan fingerprint density at radius 1 is 1.03 bits per heavy atom. The second-order valence-electron chi connectivity index (χ2n) is 6.64. The molecule has 5 nitrogen and oxygen atoms in total. The van der Waals surface area contributed by atoms with Crippen LogP contribution in [0, 0.1) is 0 Å². The van der Waals surface area contributed by atoms with Crippen LogP contribution in [0.4, 0.5) is 26.3 Å². The molecule has 1 atom stereocenters. The van der Waals surface area contributed by atoms with Crippen LogP contribution in [0.3, 0.4) is 0 Å². The van der Waals surface area contributed by atoms with Crippen LogP contribution in [0.1, 0.15) is 38.2 Å². The number of esters is 1. The van der Waals surface area contributed by atoms with Gasteiger partial charge in [0.2, 0.25) is 0 Å². The molecule has 1 aliphatic carbocycles. The average molecular weight is 427 g/mol. The minimum absolute atomic E-state index is 0.173. The molecule has 1 fully saturated rings. The lowest BCUT2D eigenvalue weighted by Gasteiger charge is -2.29. The maximum atomic E-state index is 13.0. The van der Waals surface area contributed by atoms with Gasteiger partial charge in [0.1, 0.15) is 11.9 Å². The number of ether oxygens (including phenoxy) is 2. The van der Waals surface area contributed by atoms with E-state index in [9.17, 15) is 35.9 Å². The summed E-state index contributed by atoms with van der Waals surface area (Å²) in [4.78, 5) is 23.1. The van der Waals surface area contributed by atoms with Crippen molar-refractivity contribution in [3.8, 4) is 5.75 Å². The zero-order valence-corrected chi connectivity index (χ0v) is 15.3. The summed E-state index contributed by atoms with van der Waals surface area (Å²) in [5, 5.41) is 1.87. The number of halogens is 6. The molecule has 1 aliphatic rings. The first-order valence-electron chi connectivity index (χ1n) is 8.79. The Bertz CT molecular complexity index is 726. The number of alkyl halides is 6. The quantitative estimate of drug-likeness (QED) is 0.570. The van der Waals surface area contributed by atoms with E-state index in [1.165, 1.54) is 19.1 Å². The first kappa shape index (κ1) is 22.8. The fourth-order valence-electron chi connectivity index (χ4n) is 2.89. The molecule has 0 heterocycles. The second-order valence-corrected chi connectivity index (χ2v) is 6.64. The monoisotopic (exact) mass is 427 g/mol. The van der Waals surface area contributed by atoms with E-state index in [4.69, 9.17) is 9.47 Å². The lowest BCUT2D eigenvalue weighted by Crippen LogP contribution is -2.45. The summed E-state index contributed by atoms with van der Waals surface area (Å²) in [5.41, 5.74) is -1.03. The fourth-order valence-corrected chi connectivity index (χ4v) is 2.89. The van der Waals surface area contributed by atoms with Crippen LogP contribution in [0.15, 0.2) is 24.3 Å². The van der Waals surface area contributed by atoms with E-state index in [2.05, 4.69) is 0 Å². The number of rotatable bonds is 5. The standard InChI is InChI=1S/C18H19F6NO4/c1-10(28-14-5-3-2-4-13(14)17(19,20)21)15(26)29-12-8-6-11(7-9-12)25-16(27)18(22,23)24/h2-5,10-12H,6-9H2,1H3,(H,25,27)/t10-,11?,12?/m0/s1. The molecule has 1 amide bonds. The van der Waals surface area contributed by atoms with Crippen molar-refractivity contribution in [1.82, 2.24) is 5.32 Å². The van der Waals surface area contributed by atoms with Crippen molar-refractivity contribution in [2.75, 3.05) is 0 Å². The molecular formula is C18H19F6NO4. The van der Waals surface area contributed by atoms with Crippen LogP contribution < -0.4 is 10.1 Å². The summed E-state index contributed by atoms with van der Waals surface area (Å²) in [6, 6.07) is 3.74. The number of para-hydroxylation sites is 1. The summed E-state index contributed by atoms with van der Waals surface area (Å²) in [7, 11) is 0. The number of hydrogen-bond donors (Lipinski definition) is 1. The highest BCUT2D eigenvalue weighted by Crippen LogP contribution is 2.36. The van der Waals surface area contributed by atoms with E-state index < -0.39 is 53.8 Å².